The molecule has 0 aromatic heterocycles. The van der Waals surface area contributed by atoms with Crippen LogP contribution in [0.2, 0.25) is 0 Å². The summed E-state index contributed by atoms with van der Waals surface area (Å²) in [7, 11) is 3.24. The maximum Gasteiger partial charge on any atom is 0.161 e. The van der Waals surface area contributed by atoms with Gasteiger partial charge < -0.3 is 14.2 Å². The molecule has 4 nitrogen and oxygen atoms in total. The third kappa shape index (κ3) is 4.44. The molecule has 0 atom stereocenters. The molecule has 0 N–H and O–H groups in total. The summed E-state index contributed by atoms with van der Waals surface area (Å²) >= 11 is 0. The fraction of sp³-hybridized carbons (Fsp3) is 0.462. The zero-order valence-electron chi connectivity index (χ0n) is 10.3. The van der Waals surface area contributed by atoms with E-state index >= 15 is 0 Å². The Labute approximate surface area is 101 Å². The second-order valence-corrected chi connectivity index (χ2v) is 3.58. The molecule has 0 spiro atoms. The van der Waals surface area contributed by atoms with Gasteiger partial charge in [-0.25, -0.2) is 0 Å². The Balaban J connectivity index is 2.49. The number of hydrogen-bond donors (Lipinski definition) is 0. The van der Waals surface area contributed by atoms with Crippen LogP contribution in [0.5, 0.6) is 11.5 Å². The van der Waals surface area contributed by atoms with Gasteiger partial charge in [0.1, 0.15) is 6.29 Å². The van der Waals surface area contributed by atoms with E-state index in [1.54, 1.807) is 32.4 Å². The van der Waals surface area contributed by atoms with Crippen molar-refractivity contribution in [1.29, 1.82) is 0 Å². The third-order valence-corrected chi connectivity index (χ3v) is 2.32. The second kappa shape index (κ2) is 7.68. The minimum Gasteiger partial charge on any atom is -0.493 e. The maximum absolute atomic E-state index is 10.6. The van der Waals surface area contributed by atoms with Crippen molar-refractivity contribution in [2.45, 2.75) is 12.8 Å². The van der Waals surface area contributed by atoms with Gasteiger partial charge in [-0.05, 0) is 31.0 Å². The number of ether oxygens (including phenoxy) is 3. The maximum atomic E-state index is 10.6. The lowest BCUT2D eigenvalue weighted by Crippen LogP contribution is -2.01. The molecule has 0 aliphatic rings. The summed E-state index contributed by atoms with van der Waals surface area (Å²) in [5.74, 6) is 1.25. The second-order valence-electron chi connectivity index (χ2n) is 3.58. The van der Waals surface area contributed by atoms with Gasteiger partial charge >= 0.3 is 0 Å². The SMILES string of the molecule is COCCCCOc1ccc(C=O)cc1OC. The van der Waals surface area contributed by atoms with Crippen LogP contribution in [0.25, 0.3) is 0 Å². The zero-order valence-corrected chi connectivity index (χ0v) is 10.3. The molecule has 0 fully saturated rings. The van der Waals surface area contributed by atoms with Crippen LogP contribution in [0.4, 0.5) is 0 Å². The predicted molar refractivity (Wildman–Crippen MR) is 65.0 cm³/mol. The Morgan fingerprint density at radius 1 is 1.12 bits per heavy atom. The van der Waals surface area contributed by atoms with E-state index in [0.717, 1.165) is 25.7 Å². The normalized spacial score (nSPS) is 10.0. The first-order valence-electron chi connectivity index (χ1n) is 5.56. The number of methoxy groups -OCH3 is 2. The highest BCUT2D eigenvalue weighted by atomic mass is 16.5. The van der Waals surface area contributed by atoms with Crippen molar-refractivity contribution in [1.82, 2.24) is 0 Å². The van der Waals surface area contributed by atoms with E-state index in [1.165, 1.54) is 0 Å². The van der Waals surface area contributed by atoms with E-state index in [2.05, 4.69) is 0 Å². The van der Waals surface area contributed by atoms with Gasteiger partial charge in [-0.1, -0.05) is 0 Å². The van der Waals surface area contributed by atoms with Gasteiger partial charge in [-0.15, -0.1) is 0 Å². The molecule has 0 saturated heterocycles. The van der Waals surface area contributed by atoms with E-state index in [4.69, 9.17) is 14.2 Å². The van der Waals surface area contributed by atoms with Crippen LogP contribution in [0, 0.1) is 0 Å². The molecule has 1 aromatic rings. The summed E-state index contributed by atoms with van der Waals surface area (Å²) in [5.41, 5.74) is 0.577. The summed E-state index contributed by atoms with van der Waals surface area (Å²) in [4.78, 5) is 10.6. The lowest BCUT2D eigenvalue weighted by atomic mass is 10.2. The Hall–Kier alpha value is -1.55. The molecule has 0 radical (unpaired) electrons. The van der Waals surface area contributed by atoms with E-state index in [-0.39, 0.29) is 0 Å². The molecule has 0 aliphatic carbocycles. The van der Waals surface area contributed by atoms with Crippen LogP contribution in [0.3, 0.4) is 0 Å². The lowest BCUT2D eigenvalue weighted by Gasteiger charge is -2.10. The summed E-state index contributed by atoms with van der Waals surface area (Å²) in [6.45, 7) is 1.35. The lowest BCUT2D eigenvalue weighted by molar-refractivity contribution is 0.112. The van der Waals surface area contributed by atoms with Crippen molar-refractivity contribution in [3.8, 4) is 11.5 Å². The average Bonchev–Trinajstić information content (AvgIpc) is 2.38. The fourth-order valence-electron chi connectivity index (χ4n) is 1.41. The standard InChI is InChI=1S/C13H18O4/c1-15-7-3-4-8-17-12-6-5-11(10-14)9-13(12)16-2/h5-6,9-10H,3-4,7-8H2,1-2H3. The Bertz CT molecular complexity index is 349. The van der Waals surface area contributed by atoms with Gasteiger partial charge in [0.05, 0.1) is 13.7 Å². The summed E-state index contributed by atoms with van der Waals surface area (Å²) in [5, 5.41) is 0. The van der Waals surface area contributed by atoms with Gasteiger partial charge in [-0.2, -0.15) is 0 Å². The van der Waals surface area contributed by atoms with Crippen LogP contribution < -0.4 is 9.47 Å². The number of carbonyl (C=O) groups excluding carboxylic acids is 1. The molecule has 0 saturated carbocycles. The monoisotopic (exact) mass is 238 g/mol. The van der Waals surface area contributed by atoms with E-state index in [1.807, 2.05) is 0 Å². The van der Waals surface area contributed by atoms with Crippen LogP contribution in [0.15, 0.2) is 18.2 Å². The average molecular weight is 238 g/mol. The smallest absolute Gasteiger partial charge is 0.161 e. The first kappa shape index (κ1) is 13.5. The van der Waals surface area contributed by atoms with E-state index in [9.17, 15) is 4.79 Å². The highest BCUT2D eigenvalue weighted by Crippen LogP contribution is 2.27. The molecule has 0 unspecified atom stereocenters. The molecule has 1 aromatic carbocycles. The molecule has 4 heteroatoms. The Morgan fingerprint density at radius 2 is 1.88 bits per heavy atom. The number of rotatable bonds is 8. The van der Waals surface area contributed by atoms with Crippen molar-refractivity contribution in [2.24, 2.45) is 0 Å². The first-order valence-corrected chi connectivity index (χ1v) is 5.56. The quantitative estimate of drug-likeness (QED) is 0.515. The van der Waals surface area contributed by atoms with Crippen molar-refractivity contribution >= 4 is 6.29 Å². The van der Waals surface area contributed by atoms with Crippen molar-refractivity contribution < 1.29 is 19.0 Å². The molecule has 94 valence electrons. The largest absolute Gasteiger partial charge is 0.493 e. The van der Waals surface area contributed by atoms with Gasteiger partial charge in [0.15, 0.2) is 11.5 Å². The van der Waals surface area contributed by atoms with Crippen LogP contribution >= 0.6 is 0 Å². The molecule has 0 heterocycles. The molecular weight excluding hydrogens is 220 g/mol. The number of aldehydes is 1. The first-order chi connectivity index (χ1) is 8.31. The van der Waals surface area contributed by atoms with Gasteiger partial charge in [0.2, 0.25) is 0 Å². The van der Waals surface area contributed by atoms with Crippen molar-refractivity contribution in [3.05, 3.63) is 23.8 Å². The highest BCUT2D eigenvalue weighted by Gasteiger charge is 2.05. The number of hydrogen-bond acceptors (Lipinski definition) is 4. The van der Waals surface area contributed by atoms with Gasteiger partial charge in [0, 0.05) is 19.3 Å². The Morgan fingerprint density at radius 3 is 2.53 bits per heavy atom. The summed E-state index contributed by atoms with van der Waals surface area (Å²) in [6, 6.07) is 5.12. The van der Waals surface area contributed by atoms with Crippen molar-refractivity contribution in [2.75, 3.05) is 27.4 Å². The zero-order chi connectivity index (χ0) is 12.5. The minimum atomic E-state index is 0.577. The number of carbonyl (C=O) groups is 1. The van der Waals surface area contributed by atoms with E-state index < -0.39 is 0 Å². The summed E-state index contributed by atoms with van der Waals surface area (Å²) < 4.78 is 15.7. The molecule has 0 bridgehead atoms. The molecule has 1 rings (SSSR count). The highest BCUT2D eigenvalue weighted by molar-refractivity contribution is 5.76. The molecule has 17 heavy (non-hydrogen) atoms. The Kier molecular flexibility index (Phi) is 6.10. The molecular formula is C13H18O4. The predicted octanol–water partition coefficient (Wildman–Crippen LogP) is 2.31. The molecule has 0 amide bonds. The van der Waals surface area contributed by atoms with Gasteiger partial charge in [-0.3, -0.25) is 4.79 Å². The minimum absolute atomic E-state index is 0.577. The van der Waals surface area contributed by atoms with Crippen molar-refractivity contribution in [3.63, 3.8) is 0 Å². The third-order valence-electron chi connectivity index (χ3n) is 2.32. The van der Waals surface area contributed by atoms with E-state index in [0.29, 0.717) is 23.7 Å². The number of benzene rings is 1. The van der Waals surface area contributed by atoms with Crippen LogP contribution in [0.1, 0.15) is 23.2 Å². The molecule has 0 aliphatic heterocycles. The fourth-order valence-corrected chi connectivity index (χ4v) is 1.41. The van der Waals surface area contributed by atoms with Crippen LogP contribution in [-0.2, 0) is 4.74 Å². The van der Waals surface area contributed by atoms with Crippen LogP contribution in [-0.4, -0.2) is 33.7 Å². The number of unbranched alkanes of at least 4 members (excludes halogenated alkanes) is 1. The topological polar surface area (TPSA) is 44.8 Å². The summed E-state index contributed by atoms with van der Waals surface area (Å²) in [6.07, 6.45) is 2.67. The van der Waals surface area contributed by atoms with Gasteiger partial charge in [0.25, 0.3) is 0 Å².